The number of pyridine rings is 1. The number of rotatable bonds is 0. The van der Waals surface area contributed by atoms with Gasteiger partial charge in [0.05, 0.1) is 0 Å². The first-order valence-electron chi connectivity index (χ1n) is 1.76. The van der Waals surface area contributed by atoms with Crippen molar-refractivity contribution in [2.45, 2.75) is 0 Å². The normalized spacial score (nSPS) is 6.86. The van der Waals surface area contributed by atoms with Crippen LogP contribution in [0.15, 0.2) is 24.5 Å². The second kappa shape index (κ2) is 4.01. The fourth-order valence-corrected chi connectivity index (χ4v) is 0.277. The summed E-state index contributed by atoms with van der Waals surface area (Å²) in [6, 6.07) is 6.36. The Balaban J connectivity index is 0.000000360. The van der Waals surface area contributed by atoms with Crippen molar-refractivity contribution in [2.75, 3.05) is 0 Å². The summed E-state index contributed by atoms with van der Waals surface area (Å²) < 4.78 is 0. The van der Waals surface area contributed by atoms with E-state index in [9.17, 15) is 0 Å². The first-order valence-corrected chi connectivity index (χ1v) is 1.76. The molecule has 0 N–H and O–H groups in total. The molecule has 0 unspecified atom stereocenters. The molecule has 0 fully saturated rings. The average molecular weight is 174 g/mol. The van der Waals surface area contributed by atoms with Crippen LogP contribution in [0.25, 0.3) is 0 Å². The van der Waals surface area contributed by atoms with Crippen LogP contribution in [0.4, 0.5) is 0 Å². The molecule has 0 aliphatic carbocycles. The monoisotopic (exact) mass is 176 g/mol. The van der Waals surface area contributed by atoms with Crippen LogP contribution in [0.2, 0.25) is 0 Å². The Morgan fingerprint density at radius 1 is 1.14 bits per heavy atom. The quantitative estimate of drug-likeness (QED) is 0.420. The van der Waals surface area contributed by atoms with E-state index in [1.165, 1.54) is 0 Å². The molecule has 0 radical (unpaired) electrons. The molecule has 0 aliphatic rings. The summed E-state index contributed by atoms with van der Waals surface area (Å²) in [4.78, 5) is 3.75. The van der Waals surface area contributed by atoms with Crippen molar-refractivity contribution in [2.24, 2.45) is 0 Å². The Kier molecular flexibility index (Phi) is 3.92. The predicted octanol–water partition coefficient (Wildman–Crippen LogP) is 0.879. The summed E-state index contributed by atoms with van der Waals surface area (Å²) in [7, 11) is 0. The van der Waals surface area contributed by atoms with Crippen molar-refractivity contribution in [3.8, 4) is 0 Å². The van der Waals surface area contributed by atoms with Crippen molar-refractivity contribution in [1.29, 1.82) is 0 Å². The molecule has 1 heterocycles. The third-order valence-corrected chi connectivity index (χ3v) is 0.514. The fourth-order valence-electron chi connectivity index (χ4n) is 0.277. The van der Waals surface area contributed by atoms with E-state index in [1.54, 1.807) is 24.5 Å². The Labute approximate surface area is 57.0 Å². The summed E-state index contributed by atoms with van der Waals surface area (Å²) in [6.07, 6.45) is 3.39. The zero-order valence-corrected chi connectivity index (χ0v) is 5.67. The molecule has 1 nitrogen and oxygen atoms in total. The van der Waals surface area contributed by atoms with Gasteiger partial charge in [0.15, 0.2) is 0 Å². The molecule has 36 valence electrons. The maximum absolute atomic E-state index is 3.75. The maximum atomic E-state index is 3.75. The summed E-state index contributed by atoms with van der Waals surface area (Å²) in [6.45, 7) is 0. The van der Waals surface area contributed by atoms with E-state index in [0.717, 1.165) is 0 Å². The molecule has 0 aliphatic heterocycles. The Bertz CT molecular complexity index is 80.0. The molecular formula is C5H4MoN-. The van der Waals surface area contributed by atoms with Crippen LogP contribution in [0.3, 0.4) is 0 Å². The molecule has 1 rings (SSSR count). The van der Waals surface area contributed by atoms with E-state index in [1.807, 2.05) is 0 Å². The Morgan fingerprint density at radius 2 is 1.71 bits per heavy atom. The standard InChI is InChI=1S/C5H4N.Mo/c1-2-4-6-5-3-1;/h2-5H;/q-1;. The van der Waals surface area contributed by atoms with Gasteiger partial charge in [0.1, 0.15) is 0 Å². The number of nitrogens with zero attached hydrogens (tertiary/aromatic N) is 1. The number of hydrogen-bond acceptors (Lipinski definition) is 1. The van der Waals surface area contributed by atoms with Crippen LogP contribution in [0.1, 0.15) is 0 Å². The smallest absolute Gasteiger partial charge is 0 e. The van der Waals surface area contributed by atoms with E-state index < -0.39 is 0 Å². The maximum Gasteiger partial charge on any atom is 0 e. The van der Waals surface area contributed by atoms with Gasteiger partial charge in [0.2, 0.25) is 0 Å². The molecule has 7 heavy (non-hydrogen) atoms. The van der Waals surface area contributed by atoms with Crippen molar-refractivity contribution >= 4 is 0 Å². The molecule has 0 bridgehead atoms. The van der Waals surface area contributed by atoms with Crippen molar-refractivity contribution in [3.63, 3.8) is 0 Å². The zero-order chi connectivity index (χ0) is 4.24. The molecule has 0 saturated heterocycles. The molecule has 1 aromatic heterocycles. The van der Waals surface area contributed by atoms with Crippen molar-refractivity contribution in [1.82, 2.24) is 4.98 Å². The Hall–Kier alpha value is -0.162. The van der Waals surface area contributed by atoms with Gasteiger partial charge in [-0.05, 0) is 0 Å². The minimum absolute atomic E-state index is 0. The van der Waals surface area contributed by atoms with Gasteiger partial charge in [-0.3, -0.25) is 0 Å². The Morgan fingerprint density at radius 3 is 1.86 bits per heavy atom. The van der Waals surface area contributed by atoms with Gasteiger partial charge in [0, 0.05) is 21.1 Å². The van der Waals surface area contributed by atoms with Gasteiger partial charge in [0.25, 0.3) is 0 Å². The minimum Gasteiger partial charge on any atom is -0.391 e. The van der Waals surface area contributed by atoms with E-state index in [-0.39, 0.29) is 21.1 Å². The van der Waals surface area contributed by atoms with Crippen LogP contribution in [0.5, 0.6) is 0 Å². The van der Waals surface area contributed by atoms with E-state index >= 15 is 0 Å². The topological polar surface area (TPSA) is 12.9 Å². The van der Waals surface area contributed by atoms with Gasteiger partial charge in [-0.15, -0.1) is 0 Å². The van der Waals surface area contributed by atoms with Gasteiger partial charge < -0.3 is 4.98 Å². The fraction of sp³-hybridized carbons (Fsp3) is 0. The first-order chi connectivity index (χ1) is 3.00. The molecule has 1 aromatic rings. The van der Waals surface area contributed by atoms with E-state index in [0.29, 0.717) is 0 Å². The van der Waals surface area contributed by atoms with Crippen molar-refractivity contribution in [3.05, 3.63) is 30.6 Å². The molecular weight excluding hydrogens is 170 g/mol. The minimum atomic E-state index is 0. The third-order valence-electron chi connectivity index (χ3n) is 0.514. The average Bonchev–Trinajstić information content (AvgIpc) is 1.72. The summed E-state index contributed by atoms with van der Waals surface area (Å²) in [5.41, 5.74) is 0. The third kappa shape index (κ3) is 2.52. The van der Waals surface area contributed by atoms with Gasteiger partial charge in [-0.25, -0.2) is 0 Å². The van der Waals surface area contributed by atoms with Crippen LogP contribution >= 0.6 is 0 Å². The van der Waals surface area contributed by atoms with Gasteiger partial charge in [-0.2, -0.15) is 18.2 Å². The number of hydrogen-bond donors (Lipinski definition) is 0. The van der Waals surface area contributed by atoms with Crippen LogP contribution in [-0.4, -0.2) is 4.98 Å². The van der Waals surface area contributed by atoms with Crippen molar-refractivity contribution < 1.29 is 21.1 Å². The second-order valence-electron chi connectivity index (χ2n) is 0.947. The predicted molar refractivity (Wildman–Crippen MR) is 23.1 cm³/mol. The summed E-state index contributed by atoms with van der Waals surface area (Å²) in [5.74, 6) is 0. The van der Waals surface area contributed by atoms with Crippen LogP contribution in [-0.2, 0) is 21.1 Å². The van der Waals surface area contributed by atoms with Crippen LogP contribution < -0.4 is 0 Å². The molecule has 0 aromatic carbocycles. The number of aromatic nitrogens is 1. The zero-order valence-electron chi connectivity index (χ0n) is 3.66. The molecule has 0 amide bonds. The second-order valence-corrected chi connectivity index (χ2v) is 0.947. The molecule has 0 atom stereocenters. The SMILES string of the molecule is [Mo].[c-]1ccncc1. The largest absolute Gasteiger partial charge is 0.391 e. The first kappa shape index (κ1) is 6.84. The molecule has 2 heteroatoms. The molecule has 0 saturated carbocycles. The van der Waals surface area contributed by atoms with E-state index in [4.69, 9.17) is 0 Å². The van der Waals surface area contributed by atoms with Gasteiger partial charge >= 0.3 is 0 Å². The van der Waals surface area contributed by atoms with Gasteiger partial charge in [-0.1, -0.05) is 12.4 Å². The van der Waals surface area contributed by atoms with Crippen LogP contribution in [0, 0.1) is 6.07 Å². The molecule has 0 spiro atoms. The van der Waals surface area contributed by atoms with E-state index in [2.05, 4.69) is 11.1 Å². The summed E-state index contributed by atoms with van der Waals surface area (Å²) in [5, 5.41) is 0. The summed E-state index contributed by atoms with van der Waals surface area (Å²) >= 11 is 0.